The number of rotatable bonds is 7. The maximum atomic E-state index is 12.2. The predicted molar refractivity (Wildman–Crippen MR) is 73.7 cm³/mol. The number of carboxylic acids is 1. The molecule has 1 rings (SSSR count). The van der Waals surface area contributed by atoms with E-state index in [-0.39, 0.29) is 23.8 Å². The molecule has 5 nitrogen and oxygen atoms in total. The molecule has 0 aromatic heterocycles. The summed E-state index contributed by atoms with van der Waals surface area (Å²) in [5.41, 5.74) is 5.64. The number of nitrogens with two attached hydrogens (primary N) is 1. The molecule has 0 spiro atoms. The quantitative estimate of drug-likeness (QED) is 0.736. The minimum absolute atomic E-state index is 0.0674. The second-order valence-electron chi connectivity index (χ2n) is 6.18. The highest BCUT2D eigenvalue weighted by Gasteiger charge is 2.30. The number of hydrogen-bond acceptors (Lipinski definition) is 3. The summed E-state index contributed by atoms with van der Waals surface area (Å²) in [4.78, 5) is 24.7. The summed E-state index contributed by atoms with van der Waals surface area (Å²) in [5.74, 6) is -0.734. The topological polar surface area (TPSA) is 83.6 Å². The van der Waals surface area contributed by atoms with Crippen molar-refractivity contribution in [3.05, 3.63) is 0 Å². The van der Waals surface area contributed by atoms with Crippen LogP contribution in [0, 0.1) is 5.41 Å². The van der Waals surface area contributed by atoms with Crippen LogP contribution in [0.3, 0.4) is 0 Å². The van der Waals surface area contributed by atoms with Gasteiger partial charge < -0.3 is 15.7 Å². The minimum atomic E-state index is -0.826. The molecule has 1 aliphatic rings. The van der Waals surface area contributed by atoms with Gasteiger partial charge in [-0.05, 0) is 37.6 Å². The molecule has 0 bridgehead atoms. The summed E-state index contributed by atoms with van der Waals surface area (Å²) in [6.45, 7) is 5.57. The molecule has 1 unspecified atom stereocenters. The highest BCUT2D eigenvalue weighted by Crippen LogP contribution is 2.28. The lowest BCUT2D eigenvalue weighted by atomic mass is 9.84. The number of hydrogen-bond donors (Lipinski definition) is 2. The zero-order valence-corrected chi connectivity index (χ0v) is 12.0. The lowest BCUT2D eigenvalue weighted by molar-refractivity contribution is -0.140. The Bertz CT molecular complexity index is 329. The van der Waals surface area contributed by atoms with Gasteiger partial charge in [0.05, 0.1) is 6.42 Å². The molecular formula is C14H26N2O3. The van der Waals surface area contributed by atoms with E-state index in [0.717, 1.165) is 25.7 Å². The van der Waals surface area contributed by atoms with E-state index in [9.17, 15) is 9.59 Å². The maximum absolute atomic E-state index is 12.2. The molecule has 1 heterocycles. The lowest BCUT2D eigenvalue weighted by Crippen LogP contribution is -2.37. The number of likely N-dealkylation sites (tertiary alicyclic amines) is 1. The highest BCUT2D eigenvalue weighted by molar-refractivity contribution is 5.78. The molecule has 1 amide bonds. The maximum Gasteiger partial charge on any atom is 0.305 e. The van der Waals surface area contributed by atoms with Crippen LogP contribution in [0.1, 0.15) is 52.4 Å². The Morgan fingerprint density at radius 3 is 2.63 bits per heavy atom. The van der Waals surface area contributed by atoms with E-state index in [0.29, 0.717) is 19.5 Å². The second kappa shape index (κ2) is 6.89. The summed E-state index contributed by atoms with van der Waals surface area (Å²) < 4.78 is 0. The first kappa shape index (κ1) is 16.0. The van der Waals surface area contributed by atoms with E-state index in [2.05, 4.69) is 13.8 Å². The number of amides is 1. The average molecular weight is 270 g/mol. The normalized spacial score (nSPS) is 19.7. The van der Waals surface area contributed by atoms with Crippen LogP contribution >= 0.6 is 0 Å². The van der Waals surface area contributed by atoms with Crippen LogP contribution in [0.4, 0.5) is 0 Å². The molecule has 0 aromatic carbocycles. The third-order valence-corrected chi connectivity index (χ3v) is 3.94. The molecule has 0 saturated carbocycles. The fourth-order valence-electron chi connectivity index (χ4n) is 2.68. The van der Waals surface area contributed by atoms with Crippen molar-refractivity contribution >= 4 is 11.9 Å². The lowest BCUT2D eigenvalue weighted by Gasteiger charge is -2.27. The van der Waals surface area contributed by atoms with Gasteiger partial charge in [0, 0.05) is 19.0 Å². The van der Waals surface area contributed by atoms with E-state index in [1.165, 1.54) is 0 Å². The van der Waals surface area contributed by atoms with Crippen LogP contribution < -0.4 is 5.73 Å². The van der Waals surface area contributed by atoms with E-state index in [1.54, 1.807) is 4.90 Å². The Morgan fingerprint density at radius 1 is 1.37 bits per heavy atom. The number of carboxylic acid groups (broad SMARTS) is 1. The van der Waals surface area contributed by atoms with Gasteiger partial charge in [0.15, 0.2) is 0 Å². The molecule has 1 aliphatic heterocycles. The predicted octanol–water partition coefficient (Wildman–Crippen LogP) is 1.61. The number of carbonyl (C=O) groups excluding carboxylic acids is 1. The van der Waals surface area contributed by atoms with Crippen molar-refractivity contribution in [3.63, 3.8) is 0 Å². The standard InChI is InChI=1S/C14H26N2O3/c1-14(2,7-8-15)6-5-12(17)16-9-3-4-11(16)10-13(18)19/h11H,3-10,15H2,1-2H3,(H,18,19). The number of aliphatic carboxylic acids is 1. The second-order valence-corrected chi connectivity index (χ2v) is 6.18. The van der Waals surface area contributed by atoms with Gasteiger partial charge in [0.2, 0.25) is 5.91 Å². The SMILES string of the molecule is CC(C)(CCN)CCC(=O)N1CCCC1CC(=O)O. The summed E-state index contributed by atoms with van der Waals surface area (Å²) >= 11 is 0. The minimum Gasteiger partial charge on any atom is -0.481 e. The van der Waals surface area contributed by atoms with Crippen LogP contribution in [0.15, 0.2) is 0 Å². The van der Waals surface area contributed by atoms with Gasteiger partial charge in [0.25, 0.3) is 0 Å². The average Bonchev–Trinajstić information content (AvgIpc) is 2.73. The van der Waals surface area contributed by atoms with Gasteiger partial charge in [-0.3, -0.25) is 9.59 Å². The Kier molecular flexibility index (Phi) is 5.79. The zero-order chi connectivity index (χ0) is 14.5. The van der Waals surface area contributed by atoms with Gasteiger partial charge >= 0.3 is 5.97 Å². The highest BCUT2D eigenvalue weighted by atomic mass is 16.4. The van der Waals surface area contributed by atoms with Gasteiger partial charge in [0.1, 0.15) is 0 Å². The summed E-state index contributed by atoms with van der Waals surface area (Å²) in [5, 5.41) is 8.85. The monoisotopic (exact) mass is 270 g/mol. The van der Waals surface area contributed by atoms with Crippen molar-refractivity contribution in [3.8, 4) is 0 Å². The smallest absolute Gasteiger partial charge is 0.305 e. The molecule has 1 atom stereocenters. The van der Waals surface area contributed by atoms with Gasteiger partial charge in [-0.25, -0.2) is 0 Å². The van der Waals surface area contributed by atoms with Gasteiger partial charge in [-0.2, -0.15) is 0 Å². The van der Waals surface area contributed by atoms with Gasteiger partial charge in [-0.15, -0.1) is 0 Å². The van der Waals surface area contributed by atoms with Crippen molar-refractivity contribution in [2.45, 2.75) is 58.4 Å². The summed E-state index contributed by atoms with van der Waals surface area (Å²) in [6, 6.07) is -0.109. The third-order valence-electron chi connectivity index (χ3n) is 3.94. The van der Waals surface area contributed by atoms with Crippen LogP contribution in [0.5, 0.6) is 0 Å². The van der Waals surface area contributed by atoms with Crippen LogP contribution in [0.2, 0.25) is 0 Å². The van der Waals surface area contributed by atoms with E-state index in [1.807, 2.05) is 0 Å². The molecule has 3 N–H and O–H groups in total. The molecule has 0 aromatic rings. The molecule has 1 saturated heterocycles. The zero-order valence-electron chi connectivity index (χ0n) is 12.0. The fourth-order valence-corrected chi connectivity index (χ4v) is 2.68. The first-order chi connectivity index (χ1) is 8.85. The van der Waals surface area contributed by atoms with Crippen LogP contribution in [-0.4, -0.2) is 41.0 Å². The van der Waals surface area contributed by atoms with E-state index < -0.39 is 5.97 Å². The Balaban J connectivity index is 2.46. The molecule has 19 heavy (non-hydrogen) atoms. The molecule has 1 fully saturated rings. The van der Waals surface area contributed by atoms with E-state index >= 15 is 0 Å². The Labute approximate surface area is 115 Å². The van der Waals surface area contributed by atoms with Crippen molar-refractivity contribution < 1.29 is 14.7 Å². The molecule has 110 valence electrons. The Hall–Kier alpha value is -1.10. The summed E-state index contributed by atoms with van der Waals surface area (Å²) in [6.07, 6.45) is 3.99. The first-order valence-corrected chi connectivity index (χ1v) is 7.07. The van der Waals surface area contributed by atoms with Crippen molar-refractivity contribution in [1.82, 2.24) is 4.90 Å². The van der Waals surface area contributed by atoms with Gasteiger partial charge in [-0.1, -0.05) is 13.8 Å². The first-order valence-electron chi connectivity index (χ1n) is 7.07. The van der Waals surface area contributed by atoms with Crippen molar-refractivity contribution in [2.75, 3.05) is 13.1 Å². The molecular weight excluding hydrogens is 244 g/mol. The number of carbonyl (C=O) groups is 2. The van der Waals surface area contributed by atoms with Crippen molar-refractivity contribution in [2.24, 2.45) is 11.1 Å². The van der Waals surface area contributed by atoms with E-state index in [4.69, 9.17) is 10.8 Å². The molecule has 0 aliphatic carbocycles. The molecule has 5 heteroatoms. The largest absolute Gasteiger partial charge is 0.481 e. The van der Waals surface area contributed by atoms with Crippen LogP contribution in [0.25, 0.3) is 0 Å². The molecule has 0 radical (unpaired) electrons. The van der Waals surface area contributed by atoms with Crippen molar-refractivity contribution in [1.29, 1.82) is 0 Å². The number of nitrogens with zero attached hydrogens (tertiary/aromatic N) is 1. The Morgan fingerprint density at radius 2 is 2.05 bits per heavy atom. The fraction of sp³-hybridized carbons (Fsp3) is 0.857. The van der Waals surface area contributed by atoms with Crippen LogP contribution in [-0.2, 0) is 9.59 Å². The summed E-state index contributed by atoms with van der Waals surface area (Å²) in [7, 11) is 0. The third kappa shape index (κ3) is 5.19.